The average molecular weight is 425 g/mol. The van der Waals surface area contributed by atoms with E-state index in [0.717, 1.165) is 0 Å². The first-order chi connectivity index (χ1) is 14.9. The third-order valence-corrected chi connectivity index (χ3v) is 4.14. The third-order valence-electron chi connectivity index (χ3n) is 4.14. The maximum atomic E-state index is 13.2. The molecule has 3 aromatic rings. The lowest BCUT2D eigenvalue weighted by molar-refractivity contribution is 0.0943. The quantitative estimate of drug-likeness (QED) is 0.498. The summed E-state index contributed by atoms with van der Waals surface area (Å²) in [6.45, 7) is 5.65. The molecule has 0 atom stereocenters. The van der Waals surface area contributed by atoms with E-state index in [4.69, 9.17) is 0 Å². The Labute approximate surface area is 179 Å². The number of aromatic nitrogens is 2. The van der Waals surface area contributed by atoms with Gasteiger partial charge in [0.1, 0.15) is 11.5 Å². The minimum atomic E-state index is -0.552. The predicted molar refractivity (Wildman–Crippen MR) is 117 cm³/mol. The number of imidazole rings is 1. The number of anilines is 2. The Hall–Kier alpha value is -4.01. The number of H-pyrrole nitrogens is 1. The van der Waals surface area contributed by atoms with Crippen LogP contribution in [0.4, 0.5) is 15.8 Å². The molecule has 0 aliphatic carbocycles. The van der Waals surface area contributed by atoms with Crippen LogP contribution >= 0.6 is 0 Å². The van der Waals surface area contributed by atoms with Gasteiger partial charge < -0.3 is 20.9 Å². The van der Waals surface area contributed by atoms with Gasteiger partial charge in [0.2, 0.25) is 0 Å². The SMILES string of the molecule is CC.CNC(=O)c1[nH]cnc1C(=O)Nc1ccc(NC(=O)c2ccc(F)cc2C)cc1. The normalized spacial score (nSPS) is 9.84. The molecule has 0 fully saturated rings. The van der Waals surface area contributed by atoms with Gasteiger partial charge in [-0.1, -0.05) is 13.8 Å². The van der Waals surface area contributed by atoms with E-state index in [1.54, 1.807) is 31.2 Å². The molecule has 0 saturated carbocycles. The molecule has 0 aliphatic rings. The third kappa shape index (κ3) is 5.75. The molecule has 8 nitrogen and oxygen atoms in total. The number of halogens is 1. The highest BCUT2D eigenvalue weighted by atomic mass is 19.1. The first kappa shape index (κ1) is 23.3. The van der Waals surface area contributed by atoms with Crippen molar-refractivity contribution in [3.8, 4) is 0 Å². The summed E-state index contributed by atoms with van der Waals surface area (Å²) < 4.78 is 13.2. The van der Waals surface area contributed by atoms with Gasteiger partial charge in [-0.2, -0.15) is 0 Å². The van der Waals surface area contributed by atoms with Crippen LogP contribution in [-0.4, -0.2) is 34.7 Å². The number of benzene rings is 2. The van der Waals surface area contributed by atoms with Crippen LogP contribution in [0.2, 0.25) is 0 Å². The van der Waals surface area contributed by atoms with E-state index in [9.17, 15) is 18.8 Å². The first-order valence-corrected chi connectivity index (χ1v) is 9.63. The topological polar surface area (TPSA) is 116 Å². The number of carbonyl (C=O) groups is 3. The molecule has 0 bridgehead atoms. The standard InChI is InChI=1S/C20H18FN5O3.C2H6/c1-11-9-12(21)3-8-15(11)18(27)25-13-4-6-14(7-5-13)26-20(29)17-16(19(28)22-2)23-10-24-17;1-2/h3-10H,1-2H3,(H,22,28)(H,23,24)(H,25,27)(H,26,29);1-2H3. The Kier molecular flexibility index (Phi) is 8.01. The van der Waals surface area contributed by atoms with E-state index >= 15 is 0 Å². The highest BCUT2D eigenvalue weighted by Gasteiger charge is 2.19. The molecule has 2 aromatic carbocycles. The minimum absolute atomic E-state index is 0.0338. The maximum absolute atomic E-state index is 13.2. The molecule has 3 rings (SSSR count). The van der Waals surface area contributed by atoms with Crippen LogP contribution in [0.25, 0.3) is 0 Å². The van der Waals surface area contributed by atoms with Crippen molar-refractivity contribution in [3.63, 3.8) is 0 Å². The van der Waals surface area contributed by atoms with Crippen molar-refractivity contribution >= 4 is 29.1 Å². The number of rotatable bonds is 5. The summed E-state index contributed by atoms with van der Waals surface area (Å²) in [5.74, 6) is -1.79. The van der Waals surface area contributed by atoms with Crippen molar-refractivity contribution in [2.75, 3.05) is 17.7 Å². The van der Waals surface area contributed by atoms with Crippen molar-refractivity contribution in [3.05, 3.63) is 77.1 Å². The van der Waals surface area contributed by atoms with Crippen molar-refractivity contribution in [1.82, 2.24) is 15.3 Å². The van der Waals surface area contributed by atoms with Crippen molar-refractivity contribution in [2.24, 2.45) is 0 Å². The number of nitrogens with one attached hydrogen (secondary N) is 4. The molecule has 4 N–H and O–H groups in total. The van der Waals surface area contributed by atoms with Crippen molar-refractivity contribution in [1.29, 1.82) is 0 Å². The molecule has 31 heavy (non-hydrogen) atoms. The maximum Gasteiger partial charge on any atom is 0.276 e. The molecule has 0 radical (unpaired) electrons. The monoisotopic (exact) mass is 425 g/mol. The number of hydrogen-bond acceptors (Lipinski definition) is 4. The Morgan fingerprint density at radius 1 is 0.903 bits per heavy atom. The molecular formula is C22H24FN5O3. The van der Waals surface area contributed by atoms with Gasteiger partial charge in [0.15, 0.2) is 5.69 Å². The fraction of sp³-hybridized carbons (Fsp3) is 0.182. The molecule has 3 amide bonds. The second-order valence-corrected chi connectivity index (χ2v) is 6.15. The van der Waals surface area contributed by atoms with E-state index in [1.807, 2.05) is 13.8 Å². The lowest BCUT2D eigenvalue weighted by Crippen LogP contribution is -2.23. The molecular weight excluding hydrogens is 401 g/mol. The van der Waals surface area contributed by atoms with Crippen LogP contribution in [0.15, 0.2) is 48.8 Å². The zero-order chi connectivity index (χ0) is 23.0. The molecule has 0 saturated heterocycles. The predicted octanol–water partition coefficient (Wildman–Crippen LogP) is 3.75. The van der Waals surface area contributed by atoms with Gasteiger partial charge in [0, 0.05) is 24.0 Å². The summed E-state index contributed by atoms with van der Waals surface area (Å²) >= 11 is 0. The fourth-order valence-corrected chi connectivity index (χ4v) is 2.67. The van der Waals surface area contributed by atoms with Crippen LogP contribution < -0.4 is 16.0 Å². The summed E-state index contributed by atoms with van der Waals surface area (Å²) in [5.41, 5.74) is 1.87. The largest absolute Gasteiger partial charge is 0.354 e. The zero-order valence-corrected chi connectivity index (χ0v) is 17.7. The van der Waals surface area contributed by atoms with Crippen LogP contribution in [-0.2, 0) is 0 Å². The van der Waals surface area contributed by atoms with Crippen LogP contribution in [0, 0.1) is 12.7 Å². The summed E-state index contributed by atoms with van der Waals surface area (Å²) in [6.07, 6.45) is 1.26. The molecule has 0 aliphatic heterocycles. The highest BCUT2D eigenvalue weighted by Crippen LogP contribution is 2.17. The number of amides is 3. The molecule has 0 spiro atoms. The summed E-state index contributed by atoms with van der Waals surface area (Å²) in [5, 5.41) is 7.77. The van der Waals surface area contributed by atoms with Crippen LogP contribution in [0.5, 0.6) is 0 Å². The minimum Gasteiger partial charge on any atom is -0.354 e. The van der Waals surface area contributed by atoms with Gasteiger partial charge in [0.25, 0.3) is 17.7 Å². The first-order valence-electron chi connectivity index (χ1n) is 9.63. The Morgan fingerprint density at radius 3 is 2.03 bits per heavy atom. The number of nitrogens with zero attached hydrogens (tertiary/aromatic N) is 1. The van der Waals surface area contributed by atoms with E-state index in [0.29, 0.717) is 22.5 Å². The lowest BCUT2D eigenvalue weighted by Gasteiger charge is -2.09. The van der Waals surface area contributed by atoms with Gasteiger partial charge in [-0.15, -0.1) is 0 Å². The second kappa shape index (κ2) is 10.7. The summed E-state index contributed by atoms with van der Waals surface area (Å²) in [4.78, 5) is 42.9. The Balaban J connectivity index is 0.00000166. The number of hydrogen-bond donors (Lipinski definition) is 4. The number of aromatic amines is 1. The summed E-state index contributed by atoms with van der Waals surface area (Å²) in [7, 11) is 1.45. The van der Waals surface area contributed by atoms with Gasteiger partial charge in [-0.3, -0.25) is 14.4 Å². The molecule has 1 aromatic heterocycles. The Morgan fingerprint density at radius 2 is 1.48 bits per heavy atom. The van der Waals surface area contributed by atoms with Gasteiger partial charge in [-0.25, -0.2) is 9.37 Å². The molecule has 1 heterocycles. The van der Waals surface area contributed by atoms with Gasteiger partial charge in [0.05, 0.1) is 6.33 Å². The Bertz CT molecular complexity index is 1080. The second-order valence-electron chi connectivity index (χ2n) is 6.15. The van der Waals surface area contributed by atoms with E-state index in [1.165, 1.54) is 31.6 Å². The van der Waals surface area contributed by atoms with E-state index in [2.05, 4.69) is 25.9 Å². The summed E-state index contributed by atoms with van der Waals surface area (Å²) in [6, 6.07) is 10.3. The van der Waals surface area contributed by atoms with E-state index in [-0.39, 0.29) is 17.3 Å². The lowest BCUT2D eigenvalue weighted by atomic mass is 10.1. The van der Waals surface area contributed by atoms with Crippen molar-refractivity contribution in [2.45, 2.75) is 20.8 Å². The van der Waals surface area contributed by atoms with Crippen molar-refractivity contribution < 1.29 is 18.8 Å². The van der Waals surface area contributed by atoms with Crippen LogP contribution in [0.3, 0.4) is 0 Å². The average Bonchev–Trinajstić information content (AvgIpc) is 3.26. The molecule has 162 valence electrons. The number of aryl methyl sites for hydroxylation is 1. The number of carbonyl (C=O) groups excluding carboxylic acids is 3. The van der Waals surface area contributed by atoms with E-state index < -0.39 is 17.6 Å². The fourth-order valence-electron chi connectivity index (χ4n) is 2.67. The zero-order valence-electron chi connectivity index (χ0n) is 17.7. The molecule has 0 unspecified atom stereocenters. The van der Waals surface area contributed by atoms with Gasteiger partial charge >= 0.3 is 0 Å². The van der Waals surface area contributed by atoms with Gasteiger partial charge in [-0.05, 0) is 55.0 Å². The highest BCUT2D eigenvalue weighted by molar-refractivity contribution is 6.10. The molecule has 9 heteroatoms. The smallest absolute Gasteiger partial charge is 0.276 e. The van der Waals surface area contributed by atoms with Crippen LogP contribution in [0.1, 0.15) is 50.7 Å².